The van der Waals surface area contributed by atoms with E-state index in [0.29, 0.717) is 11.3 Å². The van der Waals surface area contributed by atoms with Crippen molar-refractivity contribution in [3.8, 4) is 5.75 Å². The highest BCUT2D eigenvalue weighted by atomic mass is 16.6. The summed E-state index contributed by atoms with van der Waals surface area (Å²) in [6.45, 7) is 5.66. The number of nitro benzene ring substituents is 1. The lowest BCUT2D eigenvalue weighted by Gasteiger charge is -2.10. The fraction of sp³-hybridized carbons (Fsp3) is 0.455. The topological polar surface area (TPSA) is 52.4 Å². The molecule has 1 aromatic rings. The van der Waals surface area contributed by atoms with Crippen molar-refractivity contribution < 1.29 is 9.66 Å². The first kappa shape index (κ1) is 11.5. The van der Waals surface area contributed by atoms with Crippen LogP contribution in [0.1, 0.15) is 30.9 Å². The minimum absolute atomic E-state index is 0.111. The third kappa shape index (κ3) is 2.26. The zero-order valence-corrected chi connectivity index (χ0v) is 9.40. The summed E-state index contributed by atoms with van der Waals surface area (Å²) in [5.74, 6) is 0.809. The number of hydrogen-bond acceptors (Lipinski definition) is 3. The molecule has 15 heavy (non-hydrogen) atoms. The van der Waals surface area contributed by atoms with Crippen molar-refractivity contribution in [2.45, 2.75) is 26.7 Å². The number of hydrogen-bond donors (Lipinski definition) is 0. The van der Waals surface area contributed by atoms with Gasteiger partial charge in [-0.1, -0.05) is 13.8 Å². The van der Waals surface area contributed by atoms with Crippen molar-refractivity contribution in [1.82, 2.24) is 0 Å². The molecular weight excluding hydrogens is 194 g/mol. The summed E-state index contributed by atoms with van der Waals surface area (Å²) in [5, 5.41) is 10.8. The molecule has 82 valence electrons. The van der Waals surface area contributed by atoms with Crippen molar-refractivity contribution in [1.29, 1.82) is 0 Å². The molecule has 0 fully saturated rings. The normalized spacial score (nSPS) is 10.5. The van der Waals surface area contributed by atoms with Gasteiger partial charge >= 0.3 is 0 Å². The average Bonchev–Trinajstić information content (AvgIpc) is 2.16. The molecular formula is C11H15NO3. The zero-order chi connectivity index (χ0) is 11.6. The van der Waals surface area contributed by atoms with Gasteiger partial charge in [-0.05, 0) is 24.5 Å². The number of benzene rings is 1. The molecule has 1 rings (SSSR count). The Balaban J connectivity index is 3.38. The summed E-state index contributed by atoms with van der Waals surface area (Å²) < 4.78 is 5.15. The summed E-state index contributed by atoms with van der Waals surface area (Å²) in [4.78, 5) is 10.5. The molecule has 0 aromatic heterocycles. The maximum Gasteiger partial charge on any atom is 0.273 e. The van der Waals surface area contributed by atoms with Crippen LogP contribution in [0.5, 0.6) is 5.75 Å². The van der Waals surface area contributed by atoms with E-state index in [1.807, 2.05) is 13.8 Å². The molecule has 0 saturated heterocycles. The Hall–Kier alpha value is -1.58. The molecule has 0 unspecified atom stereocenters. The number of ether oxygens (including phenoxy) is 1. The highest BCUT2D eigenvalue weighted by Crippen LogP contribution is 2.32. The Morgan fingerprint density at radius 2 is 2.00 bits per heavy atom. The van der Waals surface area contributed by atoms with E-state index < -0.39 is 0 Å². The van der Waals surface area contributed by atoms with Crippen LogP contribution in [0.4, 0.5) is 5.69 Å². The Kier molecular flexibility index (Phi) is 3.29. The van der Waals surface area contributed by atoms with Gasteiger partial charge in [-0.3, -0.25) is 10.1 Å². The summed E-state index contributed by atoms with van der Waals surface area (Å²) in [7, 11) is 1.57. The minimum Gasteiger partial charge on any atom is -0.496 e. The smallest absolute Gasteiger partial charge is 0.273 e. The lowest BCUT2D eigenvalue weighted by molar-refractivity contribution is -0.385. The molecule has 0 atom stereocenters. The second-order valence-electron chi connectivity index (χ2n) is 3.79. The van der Waals surface area contributed by atoms with Crippen LogP contribution < -0.4 is 4.74 Å². The molecule has 0 radical (unpaired) electrons. The van der Waals surface area contributed by atoms with Crippen LogP contribution in [0, 0.1) is 17.0 Å². The molecule has 0 N–H and O–H groups in total. The summed E-state index contributed by atoms with van der Waals surface area (Å²) in [6, 6.07) is 3.31. The van der Waals surface area contributed by atoms with Gasteiger partial charge in [0.15, 0.2) is 0 Å². The first-order valence-electron chi connectivity index (χ1n) is 4.80. The van der Waals surface area contributed by atoms with Crippen LogP contribution in [0.3, 0.4) is 0 Å². The standard InChI is InChI=1S/C11H15NO3/c1-7(2)9-6-11(15-4)8(3)5-10(9)12(13)14/h5-7H,1-4H3. The predicted octanol–water partition coefficient (Wildman–Crippen LogP) is 3.04. The number of nitrogens with zero attached hydrogens (tertiary/aromatic N) is 1. The predicted molar refractivity (Wildman–Crippen MR) is 58.5 cm³/mol. The summed E-state index contributed by atoms with van der Waals surface area (Å²) in [5.41, 5.74) is 1.67. The van der Waals surface area contributed by atoms with Crippen molar-refractivity contribution >= 4 is 5.69 Å². The van der Waals surface area contributed by atoms with Gasteiger partial charge in [0.2, 0.25) is 0 Å². The van der Waals surface area contributed by atoms with Gasteiger partial charge in [0.1, 0.15) is 5.75 Å². The molecule has 0 heterocycles. The summed E-state index contributed by atoms with van der Waals surface area (Å²) >= 11 is 0. The molecule has 0 amide bonds. The third-order valence-corrected chi connectivity index (χ3v) is 2.36. The fourth-order valence-electron chi connectivity index (χ4n) is 1.53. The highest BCUT2D eigenvalue weighted by Gasteiger charge is 2.18. The number of nitro groups is 1. The number of aryl methyl sites for hydroxylation is 1. The summed E-state index contributed by atoms with van der Waals surface area (Å²) in [6.07, 6.45) is 0. The van der Waals surface area contributed by atoms with Gasteiger partial charge in [0.05, 0.1) is 12.0 Å². The van der Waals surface area contributed by atoms with E-state index in [1.54, 1.807) is 26.2 Å². The minimum atomic E-state index is -0.345. The molecule has 4 heteroatoms. The van der Waals surface area contributed by atoms with Gasteiger partial charge in [0.25, 0.3) is 5.69 Å². The Morgan fingerprint density at radius 3 is 2.40 bits per heavy atom. The van der Waals surface area contributed by atoms with Crippen molar-refractivity contribution in [2.24, 2.45) is 0 Å². The van der Waals surface area contributed by atoms with Crippen LogP contribution in [-0.2, 0) is 0 Å². The second kappa shape index (κ2) is 4.29. The molecule has 0 bridgehead atoms. The molecule has 0 aliphatic rings. The van der Waals surface area contributed by atoms with E-state index in [0.717, 1.165) is 5.56 Å². The average molecular weight is 209 g/mol. The third-order valence-electron chi connectivity index (χ3n) is 2.36. The Bertz CT molecular complexity index is 386. The van der Waals surface area contributed by atoms with Crippen LogP contribution in [0.15, 0.2) is 12.1 Å². The van der Waals surface area contributed by atoms with Crippen molar-refractivity contribution in [3.63, 3.8) is 0 Å². The molecule has 1 aromatic carbocycles. The van der Waals surface area contributed by atoms with Gasteiger partial charge < -0.3 is 4.74 Å². The van der Waals surface area contributed by atoms with Crippen LogP contribution in [0.25, 0.3) is 0 Å². The molecule has 0 spiro atoms. The van der Waals surface area contributed by atoms with E-state index in [9.17, 15) is 10.1 Å². The van der Waals surface area contributed by atoms with Gasteiger partial charge in [-0.25, -0.2) is 0 Å². The first-order valence-corrected chi connectivity index (χ1v) is 4.80. The maximum absolute atomic E-state index is 10.8. The highest BCUT2D eigenvalue weighted by molar-refractivity contribution is 5.51. The molecule has 0 aliphatic heterocycles. The van der Waals surface area contributed by atoms with Crippen LogP contribution in [-0.4, -0.2) is 12.0 Å². The van der Waals surface area contributed by atoms with Gasteiger partial charge in [-0.15, -0.1) is 0 Å². The number of rotatable bonds is 3. The van der Waals surface area contributed by atoms with Crippen molar-refractivity contribution in [2.75, 3.05) is 7.11 Å². The van der Waals surface area contributed by atoms with Crippen molar-refractivity contribution in [3.05, 3.63) is 33.4 Å². The van der Waals surface area contributed by atoms with E-state index in [2.05, 4.69) is 0 Å². The second-order valence-corrected chi connectivity index (χ2v) is 3.79. The largest absolute Gasteiger partial charge is 0.496 e. The first-order chi connectivity index (χ1) is 6.97. The lowest BCUT2D eigenvalue weighted by atomic mass is 9.99. The molecule has 0 aliphatic carbocycles. The van der Waals surface area contributed by atoms with Gasteiger partial charge in [0, 0.05) is 11.6 Å². The fourth-order valence-corrected chi connectivity index (χ4v) is 1.53. The van der Waals surface area contributed by atoms with E-state index in [1.165, 1.54) is 0 Å². The SMILES string of the molecule is COc1cc(C(C)C)c([N+](=O)[O-])cc1C. The monoisotopic (exact) mass is 209 g/mol. The van der Waals surface area contributed by atoms with E-state index >= 15 is 0 Å². The quantitative estimate of drug-likeness (QED) is 0.568. The maximum atomic E-state index is 10.8. The van der Waals surface area contributed by atoms with E-state index in [4.69, 9.17) is 4.74 Å². The van der Waals surface area contributed by atoms with Crippen LogP contribution in [0.2, 0.25) is 0 Å². The molecule has 4 nitrogen and oxygen atoms in total. The Labute approximate surface area is 89.0 Å². The Morgan fingerprint density at radius 1 is 1.40 bits per heavy atom. The molecule has 0 saturated carbocycles. The zero-order valence-electron chi connectivity index (χ0n) is 9.40. The lowest BCUT2D eigenvalue weighted by Crippen LogP contribution is -2.00. The van der Waals surface area contributed by atoms with Crippen LogP contribution >= 0.6 is 0 Å². The van der Waals surface area contributed by atoms with E-state index in [-0.39, 0.29) is 16.5 Å². The van der Waals surface area contributed by atoms with Gasteiger partial charge in [-0.2, -0.15) is 0 Å². The number of methoxy groups -OCH3 is 1.